The Morgan fingerprint density at radius 3 is 1.82 bits per heavy atom. The Labute approximate surface area is 279 Å². The highest BCUT2D eigenvalue weighted by Gasteiger charge is 2.62. The summed E-state index contributed by atoms with van der Waals surface area (Å²) in [6, 6.07) is 5.88. The number of phenols is 1. The standard InChI is InChI=1S/C31H38O18/c1-15(33)41-12-22-25(43-16(2)34)27(45-18(4)36)28(46-19(5)37)30(47-22)49-31(14-32)29(40)26(44-17(3)35)23(48-31)13-42-24(39)11-8-20-6-9-21(38)10-7-20/h6-11,22-23,25-30,32,38,40H,12-14H2,1-5H3/t22-,23-,25-,26+,27+,28-,29-,30-,31+/m1/s1. The summed E-state index contributed by atoms with van der Waals surface area (Å²) in [5.74, 6) is -7.80. The number of aliphatic hydroxyl groups excluding tert-OH is 2. The molecule has 2 saturated heterocycles. The van der Waals surface area contributed by atoms with Crippen molar-refractivity contribution in [3.05, 3.63) is 35.9 Å². The van der Waals surface area contributed by atoms with Crippen LogP contribution < -0.4 is 0 Å². The fourth-order valence-electron chi connectivity index (χ4n) is 5.02. The zero-order valence-corrected chi connectivity index (χ0v) is 27.2. The summed E-state index contributed by atoms with van der Waals surface area (Å²) in [7, 11) is 0. The molecule has 0 radical (unpaired) electrons. The van der Waals surface area contributed by atoms with Gasteiger partial charge in [0.2, 0.25) is 12.1 Å². The van der Waals surface area contributed by atoms with Gasteiger partial charge in [-0.15, -0.1) is 0 Å². The Hall–Kier alpha value is -4.62. The fraction of sp³-hybridized carbons (Fsp3) is 0.548. The minimum absolute atomic E-state index is 0.0200. The Bertz CT molecular complexity index is 1390. The van der Waals surface area contributed by atoms with E-state index in [0.717, 1.165) is 40.7 Å². The molecule has 0 aromatic heterocycles. The van der Waals surface area contributed by atoms with E-state index in [9.17, 15) is 44.1 Å². The first-order valence-electron chi connectivity index (χ1n) is 14.8. The van der Waals surface area contributed by atoms with E-state index in [-0.39, 0.29) is 5.75 Å². The highest BCUT2D eigenvalue weighted by atomic mass is 16.8. The molecular weight excluding hydrogens is 660 g/mol. The molecule has 18 nitrogen and oxygen atoms in total. The summed E-state index contributed by atoms with van der Waals surface area (Å²) in [4.78, 5) is 72.4. The summed E-state index contributed by atoms with van der Waals surface area (Å²) in [5, 5.41) is 31.3. The van der Waals surface area contributed by atoms with E-state index in [1.165, 1.54) is 30.3 Å². The molecule has 0 bridgehead atoms. The monoisotopic (exact) mass is 698 g/mol. The van der Waals surface area contributed by atoms with Crippen LogP contribution in [-0.2, 0) is 71.4 Å². The average Bonchev–Trinajstić information content (AvgIpc) is 3.26. The van der Waals surface area contributed by atoms with Gasteiger partial charge in [0.05, 0.1) is 0 Å². The number of aliphatic hydroxyl groups is 2. The number of benzene rings is 1. The van der Waals surface area contributed by atoms with Gasteiger partial charge in [-0.05, 0) is 23.8 Å². The first kappa shape index (κ1) is 38.8. The van der Waals surface area contributed by atoms with Gasteiger partial charge in [0.1, 0.15) is 43.9 Å². The first-order valence-corrected chi connectivity index (χ1v) is 14.8. The number of esters is 6. The van der Waals surface area contributed by atoms with Gasteiger partial charge in [-0.25, -0.2) is 4.79 Å². The number of hydrogen-bond donors (Lipinski definition) is 3. The number of hydrogen-bond acceptors (Lipinski definition) is 18. The molecule has 2 aliphatic rings. The van der Waals surface area contributed by atoms with Crippen molar-refractivity contribution in [3.63, 3.8) is 0 Å². The Morgan fingerprint density at radius 1 is 0.735 bits per heavy atom. The number of phenolic OH excluding ortho intramolecular Hbond substituents is 1. The van der Waals surface area contributed by atoms with Gasteiger partial charge in [0, 0.05) is 40.7 Å². The van der Waals surface area contributed by atoms with Crippen molar-refractivity contribution in [3.8, 4) is 5.75 Å². The van der Waals surface area contributed by atoms with Gasteiger partial charge in [0.25, 0.3) is 0 Å². The van der Waals surface area contributed by atoms with Crippen LogP contribution in [0.5, 0.6) is 5.75 Å². The van der Waals surface area contributed by atoms with E-state index in [4.69, 9.17) is 42.6 Å². The van der Waals surface area contributed by atoms with E-state index in [1.807, 2.05) is 0 Å². The molecule has 0 aliphatic carbocycles. The van der Waals surface area contributed by atoms with Gasteiger partial charge in [-0.2, -0.15) is 0 Å². The van der Waals surface area contributed by atoms with Crippen LogP contribution in [0.2, 0.25) is 0 Å². The molecule has 3 N–H and O–H groups in total. The lowest BCUT2D eigenvalue weighted by atomic mass is 9.97. The predicted molar refractivity (Wildman–Crippen MR) is 157 cm³/mol. The van der Waals surface area contributed by atoms with Crippen LogP contribution >= 0.6 is 0 Å². The highest BCUT2D eigenvalue weighted by molar-refractivity contribution is 5.87. The minimum Gasteiger partial charge on any atom is -0.508 e. The van der Waals surface area contributed by atoms with Crippen molar-refractivity contribution in [2.75, 3.05) is 19.8 Å². The molecule has 0 saturated carbocycles. The van der Waals surface area contributed by atoms with Crippen LogP contribution in [0.25, 0.3) is 6.08 Å². The molecule has 0 spiro atoms. The SMILES string of the molecule is CC(=O)OC[C@H]1O[C@H](O[C@]2(CO)O[C@H](COC(=O)C=Cc3ccc(O)cc3)[C@H](OC(C)=O)[C@H]2O)[C@H](OC(C)=O)[C@@H](OC(C)=O)[C@@H]1OC(C)=O. The molecule has 3 rings (SSSR count). The van der Waals surface area contributed by atoms with Crippen molar-refractivity contribution in [1.29, 1.82) is 0 Å². The topological polar surface area (TPSA) is 246 Å². The second-order valence-electron chi connectivity index (χ2n) is 10.9. The van der Waals surface area contributed by atoms with Crippen LogP contribution in [0.1, 0.15) is 40.2 Å². The number of rotatable bonds is 13. The summed E-state index contributed by atoms with van der Waals surface area (Å²) < 4.78 is 49.1. The molecule has 9 atom stereocenters. The Kier molecular flexibility index (Phi) is 13.6. The minimum atomic E-state index is -2.54. The molecule has 2 heterocycles. The zero-order chi connectivity index (χ0) is 36.5. The second-order valence-corrected chi connectivity index (χ2v) is 10.9. The molecule has 270 valence electrons. The average molecular weight is 699 g/mol. The van der Waals surface area contributed by atoms with Crippen LogP contribution in [0.4, 0.5) is 0 Å². The summed E-state index contributed by atoms with van der Waals surface area (Å²) in [6.07, 6.45) is -10.9. The maximum atomic E-state index is 12.5. The van der Waals surface area contributed by atoms with Gasteiger partial charge in [-0.3, -0.25) is 24.0 Å². The van der Waals surface area contributed by atoms with Crippen LogP contribution in [0.3, 0.4) is 0 Å². The van der Waals surface area contributed by atoms with E-state index in [0.29, 0.717) is 5.56 Å². The van der Waals surface area contributed by atoms with Gasteiger partial charge in [-0.1, -0.05) is 12.1 Å². The third-order valence-corrected chi connectivity index (χ3v) is 6.96. The van der Waals surface area contributed by atoms with Crippen molar-refractivity contribution < 1.29 is 86.7 Å². The largest absolute Gasteiger partial charge is 0.508 e. The normalized spacial score (nSPS) is 29.4. The maximum Gasteiger partial charge on any atom is 0.330 e. The Morgan fingerprint density at radius 2 is 1.27 bits per heavy atom. The number of carbonyl (C=O) groups is 6. The van der Waals surface area contributed by atoms with Crippen molar-refractivity contribution in [1.82, 2.24) is 0 Å². The van der Waals surface area contributed by atoms with Crippen molar-refractivity contribution in [2.24, 2.45) is 0 Å². The number of carbonyl (C=O) groups excluding carboxylic acids is 6. The van der Waals surface area contributed by atoms with Crippen LogP contribution in [0, 0.1) is 0 Å². The molecule has 0 unspecified atom stereocenters. The van der Waals surface area contributed by atoms with E-state index in [2.05, 4.69) is 0 Å². The zero-order valence-electron chi connectivity index (χ0n) is 27.2. The first-order chi connectivity index (χ1) is 23.0. The lowest BCUT2D eigenvalue weighted by Crippen LogP contribution is -2.65. The summed E-state index contributed by atoms with van der Waals surface area (Å²) in [6.45, 7) is 2.74. The van der Waals surface area contributed by atoms with E-state index < -0.39 is 110 Å². The summed E-state index contributed by atoms with van der Waals surface area (Å²) in [5.41, 5.74) is 0.553. The number of aromatic hydroxyl groups is 1. The van der Waals surface area contributed by atoms with Crippen molar-refractivity contribution in [2.45, 2.75) is 89.4 Å². The summed E-state index contributed by atoms with van der Waals surface area (Å²) >= 11 is 0. The predicted octanol–water partition coefficient (Wildman–Crippen LogP) is -0.572. The highest BCUT2D eigenvalue weighted by Crippen LogP contribution is 2.39. The number of ether oxygens (including phenoxy) is 9. The fourth-order valence-corrected chi connectivity index (χ4v) is 5.02. The lowest BCUT2D eigenvalue weighted by molar-refractivity contribution is -0.384. The second kappa shape index (κ2) is 17.2. The lowest BCUT2D eigenvalue weighted by Gasteiger charge is -2.46. The quantitative estimate of drug-likeness (QED) is 0.133. The van der Waals surface area contributed by atoms with E-state index >= 15 is 0 Å². The molecule has 2 fully saturated rings. The van der Waals surface area contributed by atoms with Gasteiger partial charge in [0.15, 0.2) is 24.4 Å². The van der Waals surface area contributed by atoms with Crippen molar-refractivity contribution >= 4 is 41.9 Å². The molecule has 18 heteroatoms. The van der Waals surface area contributed by atoms with Gasteiger partial charge < -0.3 is 58.0 Å². The molecule has 0 amide bonds. The Balaban J connectivity index is 1.94. The van der Waals surface area contributed by atoms with Crippen LogP contribution in [-0.4, -0.2) is 126 Å². The maximum absolute atomic E-state index is 12.5. The molecule has 2 aliphatic heterocycles. The molecule has 1 aromatic carbocycles. The smallest absolute Gasteiger partial charge is 0.330 e. The van der Waals surface area contributed by atoms with Gasteiger partial charge >= 0.3 is 35.8 Å². The third-order valence-electron chi connectivity index (χ3n) is 6.96. The van der Waals surface area contributed by atoms with Crippen LogP contribution in [0.15, 0.2) is 30.3 Å². The van der Waals surface area contributed by atoms with E-state index in [1.54, 1.807) is 0 Å². The third kappa shape index (κ3) is 10.7. The molecule has 1 aromatic rings. The molecular formula is C31H38O18. The molecule has 49 heavy (non-hydrogen) atoms.